The van der Waals surface area contributed by atoms with Crippen LogP contribution in [0.15, 0.2) is 36.8 Å². The summed E-state index contributed by atoms with van der Waals surface area (Å²) in [6.45, 7) is 1.55. The Hall–Kier alpha value is -2.17. The van der Waals surface area contributed by atoms with Crippen LogP contribution in [0.25, 0.3) is 0 Å². The van der Waals surface area contributed by atoms with Crippen LogP contribution < -0.4 is 0 Å². The van der Waals surface area contributed by atoms with Crippen LogP contribution in [0.3, 0.4) is 0 Å². The molecular formula is C13H14N4O. The minimum absolute atomic E-state index is 0.0828. The van der Waals surface area contributed by atoms with E-state index in [0.29, 0.717) is 11.5 Å². The highest BCUT2D eigenvalue weighted by atomic mass is 16.2. The molecule has 1 fully saturated rings. The molecule has 1 aliphatic heterocycles. The summed E-state index contributed by atoms with van der Waals surface area (Å²) < 4.78 is 0. The Bertz CT molecular complexity index is 523. The maximum Gasteiger partial charge on any atom is 0.253 e. The molecule has 1 atom stereocenters. The van der Waals surface area contributed by atoms with Crippen LogP contribution in [-0.4, -0.2) is 39.1 Å². The predicted octanol–water partition coefficient (Wildman–Crippen LogP) is 1.43. The molecule has 18 heavy (non-hydrogen) atoms. The fourth-order valence-electron chi connectivity index (χ4n) is 2.37. The standard InChI is InChI=1S/C13H14N4O/c18-13(10-1-5-14-6-2-10)17-8-4-11(9-17)12-3-7-15-16-12/h1-3,5-7,11H,4,8-9H2,(H,15,16)/t11-/m1/s1. The molecule has 1 aliphatic rings. The minimum Gasteiger partial charge on any atom is -0.338 e. The maximum absolute atomic E-state index is 12.2. The number of carbonyl (C=O) groups excluding carboxylic acids is 1. The number of H-pyrrole nitrogens is 1. The van der Waals surface area contributed by atoms with Gasteiger partial charge in [0.2, 0.25) is 0 Å². The van der Waals surface area contributed by atoms with Crippen molar-refractivity contribution in [3.05, 3.63) is 48.0 Å². The van der Waals surface area contributed by atoms with Crippen LogP contribution in [-0.2, 0) is 0 Å². The summed E-state index contributed by atoms with van der Waals surface area (Å²) in [6.07, 6.45) is 6.03. The zero-order chi connectivity index (χ0) is 12.4. The van der Waals surface area contributed by atoms with Crippen molar-refractivity contribution < 1.29 is 4.79 Å². The zero-order valence-electron chi connectivity index (χ0n) is 9.91. The lowest BCUT2D eigenvalue weighted by Crippen LogP contribution is -2.28. The highest BCUT2D eigenvalue weighted by Crippen LogP contribution is 2.26. The van der Waals surface area contributed by atoms with Gasteiger partial charge in [0, 0.05) is 48.9 Å². The molecule has 0 spiro atoms. The van der Waals surface area contributed by atoms with E-state index in [1.165, 1.54) is 0 Å². The molecule has 2 aromatic heterocycles. The largest absolute Gasteiger partial charge is 0.338 e. The summed E-state index contributed by atoms with van der Waals surface area (Å²) in [6, 6.07) is 5.49. The Morgan fingerprint density at radius 2 is 2.11 bits per heavy atom. The van der Waals surface area contributed by atoms with Crippen LogP contribution in [0, 0.1) is 0 Å². The van der Waals surface area contributed by atoms with Crippen molar-refractivity contribution in [3.8, 4) is 0 Å². The molecule has 2 aromatic rings. The molecule has 0 unspecified atom stereocenters. The number of amides is 1. The first kappa shape index (κ1) is 11.0. The summed E-state index contributed by atoms with van der Waals surface area (Å²) in [5.41, 5.74) is 1.82. The normalized spacial score (nSPS) is 19.1. The molecule has 3 heterocycles. The fourth-order valence-corrected chi connectivity index (χ4v) is 2.37. The summed E-state index contributed by atoms with van der Waals surface area (Å²) in [7, 11) is 0. The molecule has 0 radical (unpaired) electrons. The molecule has 5 heteroatoms. The molecule has 92 valence electrons. The summed E-state index contributed by atoms with van der Waals surface area (Å²) in [5.74, 6) is 0.456. The molecule has 0 bridgehead atoms. The van der Waals surface area contributed by atoms with E-state index in [0.717, 1.165) is 25.2 Å². The molecule has 0 aliphatic carbocycles. The van der Waals surface area contributed by atoms with Crippen molar-refractivity contribution in [2.24, 2.45) is 0 Å². The number of nitrogens with zero attached hydrogens (tertiary/aromatic N) is 3. The van der Waals surface area contributed by atoms with E-state index in [4.69, 9.17) is 0 Å². The van der Waals surface area contributed by atoms with Crippen LogP contribution in [0.1, 0.15) is 28.4 Å². The van der Waals surface area contributed by atoms with Crippen LogP contribution >= 0.6 is 0 Å². The fraction of sp³-hybridized carbons (Fsp3) is 0.308. The Morgan fingerprint density at radius 1 is 1.28 bits per heavy atom. The molecule has 1 saturated heterocycles. The quantitative estimate of drug-likeness (QED) is 0.866. The molecule has 5 nitrogen and oxygen atoms in total. The number of pyridine rings is 1. The van der Waals surface area contributed by atoms with E-state index in [2.05, 4.69) is 15.2 Å². The van der Waals surface area contributed by atoms with Gasteiger partial charge in [0.1, 0.15) is 0 Å². The number of rotatable bonds is 2. The number of carbonyl (C=O) groups is 1. The van der Waals surface area contributed by atoms with Crippen molar-refractivity contribution in [3.63, 3.8) is 0 Å². The van der Waals surface area contributed by atoms with Gasteiger partial charge < -0.3 is 4.90 Å². The van der Waals surface area contributed by atoms with Gasteiger partial charge in [-0.1, -0.05) is 0 Å². The van der Waals surface area contributed by atoms with E-state index >= 15 is 0 Å². The van der Waals surface area contributed by atoms with Gasteiger partial charge in [-0.25, -0.2) is 0 Å². The third-order valence-electron chi connectivity index (χ3n) is 3.36. The summed E-state index contributed by atoms with van der Waals surface area (Å²) in [4.78, 5) is 18.1. The van der Waals surface area contributed by atoms with Crippen LogP contribution in [0.4, 0.5) is 0 Å². The van der Waals surface area contributed by atoms with Crippen LogP contribution in [0.2, 0.25) is 0 Å². The van der Waals surface area contributed by atoms with Gasteiger partial charge in [-0.05, 0) is 24.6 Å². The van der Waals surface area contributed by atoms with E-state index < -0.39 is 0 Å². The first-order valence-corrected chi connectivity index (χ1v) is 6.03. The first-order valence-electron chi connectivity index (χ1n) is 6.03. The Morgan fingerprint density at radius 3 is 2.83 bits per heavy atom. The second-order valence-corrected chi connectivity index (χ2v) is 4.48. The highest BCUT2D eigenvalue weighted by molar-refractivity contribution is 5.94. The highest BCUT2D eigenvalue weighted by Gasteiger charge is 2.28. The monoisotopic (exact) mass is 242 g/mol. The number of aromatic amines is 1. The summed E-state index contributed by atoms with van der Waals surface area (Å²) >= 11 is 0. The summed E-state index contributed by atoms with van der Waals surface area (Å²) in [5, 5.41) is 6.94. The van der Waals surface area contributed by atoms with E-state index in [1.54, 1.807) is 30.7 Å². The molecule has 1 N–H and O–H groups in total. The van der Waals surface area contributed by atoms with E-state index in [9.17, 15) is 4.79 Å². The topological polar surface area (TPSA) is 61.9 Å². The first-order chi connectivity index (χ1) is 8.84. The number of hydrogen-bond donors (Lipinski definition) is 1. The van der Waals surface area contributed by atoms with Gasteiger partial charge in [-0.3, -0.25) is 14.9 Å². The second-order valence-electron chi connectivity index (χ2n) is 4.48. The van der Waals surface area contributed by atoms with Crippen LogP contribution in [0.5, 0.6) is 0 Å². The van der Waals surface area contributed by atoms with E-state index in [-0.39, 0.29) is 5.91 Å². The zero-order valence-corrected chi connectivity index (χ0v) is 9.91. The average Bonchev–Trinajstić information content (AvgIpc) is 3.09. The van der Waals surface area contributed by atoms with Crippen molar-refractivity contribution in [1.29, 1.82) is 0 Å². The maximum atomic E-state index is 12.2. The van der Waals surface area contributed by atoms with Gasteiger partial charge in [0.05, 0.1) is 0 Å². The number of nitrogens with one attached hydrogen (secondary N) is 1. The van der Waals surface area contributed by atoms with E-state index in [1.807, 2.05) is 11.0 Å². The van der Waals surface area contributed by atoms with Crippen molar-refractivity contribution in [2.75, 3.05) is 13.1 Å². The number of likely N-dealkylation sites (tertiary alicyclic amines) is 1. The molecule has 1 amide bonds. The third-order valence-corrected chi connectivity index (χ3v) is 3.36. The molecule has 3 rings (SSSR count). The third kappa shape index (κ3) is 1.99. The van der Waals surface area contributed by atoms with Gasteiger partial charge in [-0.15, -0.1) is 0 Å². The minimum atomic E-state index is 0.0828. The Labute approximate surface area is 105 Å². The molecular weight excluding hydrogens is 228 g/mol. The molecule has 0 saturated carbocycles. The average molecular weight is 242 g/mol. The van der Waals surface area contributed by atoms with Crippen molar-refractivity contribution >= 4 is 5.91 Å². The lowest BCUT2D eigenvalue weighted by Gasteiger charge is -2.16. The van der Waals surface area contributed by atoms with Crippen molar-refractivity contribution in [1.82, 2.24) is 20.1 Å². The van der Waals surface area contributed by atoms with Gasteiger partial charge in [-0.2, -0.15) is 5.10 Å². The lowest BCUT2D eigenvalue weighted by molar-refractivity contribution is 0.0790. The van der Waals surface area contributed by atoms with Gasteiger partial charge in [0.25, 0.3) is 5.91 Å². The van der Waals surface area contributed by atoms with Crippen molar-refractivity contribution in [2.45, 2.75) is 12.3 Å². The molecule has 0 aromatic carbocycles. The Balaban J connectivity index is 1.71. The number of hydrogen-bond acceptors (Lipinski definition) is 3. The lowest BCUT2D eigenvalue weighted by atomic mass is 10.1. The SMILES string of the molecule is O=C(c1ccncc1)N1CC[C@@H](c2ccn[nH]2)C1. The van der Waals surface area contributed by atoms with Gasteiger partial charge >= 0.3 is 0 Å². The predicted molar refractivity (Wildman–Crippen MR) is 66.1 cm³/mol. The number of aromatic nitrogens is 3. The Kier molecular flexibility index (Phi) is 2.80. The van der Waals surface area contributed by atoms with Gasteiger partial charge in [0.15, 0.2) is 0 Å². The second kappa shape index (κ2) is 4.60. The smallest absolute Gasteiger partial charge is 0.253 e.